The fourth-order valence-electron chi connectivity index (χ4n) is 11.2. The van der Waals surface area contributed by atoms with Crippen molar-refractivity contribution in [2.75, 3.05) is 39.6 Å². The van der Waals surface area contributed by atoms with Crippen LogP contribution in [-0.4, -0.2) is 96.7 Å². The van der Waals surface area contributed by atoms with Crippen LogP contribution in [0.15, 0.2) is 85.1 Å². The molecule has 0 saturated heterocycles. The Morgan fingerprint density at radius 2 is 0.510 bits per heavy atom. The third kappa shape index (κ3) is 74.5. The van der Waals surface area contributed by atoms with Crippen molar-refractivity contribution in [3.8, 4) is 0 Å². The van der Waals surface area contributed by atoms with Crippen molar-refractivity contribution >= 4 is 39.5 Å². The molecule has 0 aliphatic carbocycles. The summed E-state index contributed by atoms with van der Waals surface area (Å²) in [5.74, 6) is -2.19. The number of aliphatic hydroxyl groups is 1. The van der Waals surface area contributed by atoms with Crippen molar-refractivity contribution in [1.29, 1.82) is 0 Å². The molecule has 0 amide bonds. The van der Waals surface area contributed by atoms with Gasteiger partial charge in [0.1, 0.15) is 19.3 Å². The lowest BCUT2D eigenvalue weighted by Crippen LogP contribution is -2.30. The Morgan fingerprint density at radius 3 is 0.804 bits per heavy atom. The van der Waals surface area contributed by atoms with E-state index < -0.39 is 97.5 Å². The van der Waals surface area contributed by atoms with Crippen LogP contribution in [0.5, 0.6) is 0 Å². The molecule has 0 saturated carbocycles. The fraction of sp³-hybridized carbons (Fsp3) is 0.783. The van der Waals surface area contributed by atoms with Gasteiger partial charge in [-0.1, -0.05) is 318 Å². The van der Waals surface area contributed by atoms with Gasteiger partial charge < -0.3 is 33.8 Å². The van der Waals surface area contributed by atoms with Gasteiger partial charge >= 0.3 is 39.5 Å². The van der Waals surface area contributed by atoms with Crippen molar-refractivity contribution in [3.05, 3.63) is 85.1 Å². The highest BCUT2D eigenvalue weighted by atomic mass is 31.2. The number of hydrogen-bond donors (Lipinski definition) is 3. The zero-order valence-electron chi connectivity index (χ0n) is 64.8. The first kappa shape index (κ1) is 98.2. The van der Waals surface area contributed by atoms with Gasteiger partial charge in [-0.2, -0.15) is 0 Å². The third-order valence-electron chi connectivity index (χ3n) is 17.4. The number of ether oxygens (including phenoxy) is 4. The number of allylic oxidation sites excluding steroid dienone is 14. The third-order valence-corrected chi connectivity index (χ3v) is 19.3. The van der Waals surface area contributed by atoms with Crippen molar-refractivity contribution < 1.29 is 80.2 Å². The molecule has 0 aliphatic heterocycles. The zero-order valence-corrected chi connectivity index (χ0v) is 66.6. The molecule has 0 aromatic heterocycles. The van der Waals surface area contributed by atoms with Crippen molar-refractivity contribution in [2.24, 2.45) is 0 Å². The van der Waals surface area contributed by atoms with Crippen LogP contribution in [-0.2, 0) is 65.4 Å². The molecule has 0 fully saturated rings. The molecule has 0 heterocycles. The lowest BCUT2D eigenvalue weighted by molar-refractivity contribution is -0.161. The molecular weight excluding hydrogens is 1330 g/mol. The molecule has 0 bridgehead atoms. The minimum Gasteiger partial charge on any atom is -0.462 e. The van der Waals surface area contributed by atoms with Crippen LogP contribution in [0.1, 0.15) is 362 Å². The Hall–Kier alpha value is -3.76. The van der Waals surface area contributed by atoms with Gasteiger partial charge in [0.2, 0.25) is 0 Å². The van der Waals surface area contributed by atoms with Crippen LogP contribution < -0.4 is 0 Å². The molecule has 3 N–H and O–H groups in total. The van der Waals surface area contributed by atoms with Crippen LogP contribution in [0.2, 0.25) is 0 Å². The van der Waals surface area contributed by atoms with Gasteiger partial charge in [0.25, 0.3) is 0 Å². The molecule has 0 rings (SSSR count). The first-order valence-electron chi connectivity index (χ1n) is 40.8. The van der Waals surface area contributed by atoms with Crippen LogP contribution in [0.3, 0.4) is 0 Å². The van der Waals surface area contributed by atoms with Gasteiger partial charge in [-0.3, -0.25) is 37.3 Å². The number of phosphoric ester groups is 2. The Morgan fingerprint density at radius 1 is 0.284 bits per heavy atom. The highest BCUT2D eigenvalue weighted by Gasteiger charge is 2.30. The minimum atomic E-state index is -4.98. The van der Waals surface area contributed by atoms with E-state index in [2.05, 4.69) is 113 Å². The molecule has 0 aromatic rings. The molecule has 19 heteroatoms. The summed E-state index contributed by atoms with van der Waals surface area (Å²) >= 11 is 0. The van der Waals surface area contributed by atoms with Gasteiger partial charge in [0, 0.05) is 25.7 Å². The normalized spacial score (nSPS) is 14.3. The van der Waals surface area contributed by atoms with Gasteiger partial charge in [-0.05, 0) is 103 Å². The SMILES string of the molecule is CC/C=C\C/C=C\C/C=C\C/C=C\CCCCCCC(=O)OCC(COP(=O)(O)OCC(O)COP(=O)(O)OCC(COC(=O)CCCCCCCC/C=C\C/C=C\C/C=C\CCCCC)OC(=O)CCCCCCCCCCCCCCCCC)OC(=O)CCCCCCCCCCCCC. The van der Waals surface area contributed by atoms with Gasteiger partial charge in [0.05, 0.1) is 26.4 Å². The van der Waals surface area contributed by atoms with Crippen LogP contribution >= 0.6 is 15.6 Å². The zero-order chi connectivity index (χ0) is 74.6. The van der Waals surface area contributed by atoms with E-state index in [-0.39, 0.29) is 25.7 Å². The molecule has 0 aliphatic rings. The van der Waals surface area contributed by atoms with E-state index in [1.165, 1.54) is 122 Å². The molecule has 102 heavy (non-hydrogen) atoms. The topological polar surface area (TPSA) is 237 Å². The second kappa shape index (κ2) is 75.5. The number of phosphoric acid groups is 2. The van der Waals surface area contributed by atoms with Crippen LogP contribution in [0.25, 0.3) is 0 Å². The number of carbonyl (C=O) groups is 4. The summed E-state index contributed by atoms with van der Waals surface area (Å²) in [5.41, 5.74) is 0. The lowest BCUT2D eigenvalue weighted by atomic mass is 10.0. The highest BCUT2D eigenvalue weighted by molar-refractivity contribution is 7.47. The molecule has 0 spiro atoms. The summed E-state index contributed by atoms with van der Waals surface area (Å²) in [6.07, 6.45) is 78.4. The fourth-order valence-corrected chi connectivity index (χ4v) is 12.7. The molecule has 17 nitrogen and oxygen atoms in total. The maximum atomic E-state index is 13.1. The van der Waals surface area contributed by atoms with E-state index in [4.69, 9.17) is 37.0 Å². The first-order chi connectivity index (χ1) is 49.7. The number of aliphatic hydroxyl groups excluding tert-OH is 1. The maximum absolute atomic E-state index is 13.1. The average molecular weight is 1480 g/mol. The Kier molecular flexibility index (Phi) is 72.7. The van der Waals surface area contributed by atoms with Gasteiger partial charge in [0.15, 0.2) is 12.2 Å². The molecular formula is C83H148O17P2. The summed E-state index contributed by atoms with van der Waals surface area (Å²) in [4.78, 5) is 73.0. The van der Waals surface area contributed by atoms with E-state index in [1.807, 2.05) is 0 Å². The molecule has 0 aromatic carbocycles. The van der Waals surface area contributed by atoms with E-state index in [9.17, 15) is 43.2 Å². The standard InChI is InChI=1S/C83H148O17P2/c1-5-9-13-17-21-25-29-32-35-37-38-40-43-45-49-52-56-60-64-68-81(86)94-74-79(100-83(88)70-66-62-58-54-50-46-41-34-31-27-23-19-15-11-7-3)76-98-102(91,92)96-72-77(84)71-95-101(89,90)97-75-78(99-82(87)69-65-61-57-53-47-28-24-20-16-12-8-4)73-93-80(85)67-63-59-55-51-48-44-42-39-36-33-30-26-22-18-14-10-6-2/h10,14,21-22,25-26,32-33,35-36,38,40,42,44,77-79,84H,5-9,11-13,15-20,23-24,27-31,34,37,39,41,43,45-76H2,1-4H3,(H,89,90)(H,91,92)/b14-10-,25-21-,26-22-,35-32-,36-33-,40-38-,44-42-. The molecule has 5 atom stereocenters. The second-order valence-electron chi connectivity index (χ2n) is 27.3. The van der Waals surface area contributed by atoms with E-state index in [1.54, 1.807) is 0 Å². The van der Waals surface area contributed by atoms with Crippen molar-refractivity contribution in [3.63, 3.8) is 0 Å². The summed E-state index contributed by atoms with van der Waals surface area (Å²) in [6, 6.07) is 0. The van der Waals surface area contributed by atoms with Gasteiger partial charge in [-0.15, -0.1) is 0 Å². The van der Waals surface area contributed by atoms with Crippen molar-refractivity contribution in [1.82, 2.24) is 0 Å². The van der Waals surface area contributed by atoms with Gasteiger partial charge in [-0.25, -0.2) is 9.13 Å². The number of carbonyl (C=O) groups excluding carboxylic acids is 4. The number of esters is 4. The number of rotatable bonds is 77. The second-order valence-corrected chi connectivity index (χ2v) is 30.3. The number of hydrogen-bond acceptors (Lipinski definition) is 15. The minimum absolute atomic E-state index is 0.0930. The highest BCUT2D eigenvalue weighted by Crippen LogP contribution is 2.45. The predicted molar refractivity (Wildman–Crippen MR) is 418 cm³/mol. The Balaban J connectivity index is 5.32. The Labute approximate surface area is 621 Å². The predicted octanol–water partition coefficient (Wildman–Crippen LogP) is 23.8. The molecule has 5 unspecified atom stereocenters. The van der Waals surface area contributed by atoms with Crippen molar-refractivity contribution in [2.45, 2.75) is 380 Å². The first-order valence-corrected chi connectivity index (χ1v) is 43.8. The van der Waals surface area contributed by atoms with Crippen LogP contribution in [0.4, 0.5) is 0 Å². The van der Waals surface area contributed by atoms with E-state index >= 15 is 0 Å². The summed E-state index contributed by atoms with van der Waals surface area (Å²) in [5, 5.41) is 10.6. The van der Waals surface area contributed by atoms with E-state index in [0.29, 0.717) is 25.7 Å². The largest absolute Gasteiger partial charge is 0.472 e. The maximum Gasteiger partial charge on any atom is 0.472 e. The smallest absolute Gasteiger partial charge is 0.462 e. The number of unbranched alkanes of at least 4 members (excludes halogenated alkanes) is 37. The summed E-state index contributed by atoms with van der Waals surface area (Å²) in [6.45, 7) is 4.75. The van der Waals surface area contributed by atoms with Crippen LogP contribution in [0, 0.1) is 0 Å². The monoisotopic (exact) mass is 1480 g/mol. The molecule has 0 radical (unpaired) electrons. The summed E-state index contributed by atoms with van der Waals surface area (Å²) < 4.78 is 68.6. The summed E-state index contributed by atoms with van der Waals surface area (Å²) in [7, 11) is -9.95. The Bertz CT molecular complexity index is 2260. The van der Waals surface area contributed by atoms with E-state index in [0.717, 1.165) is 161 Å². The molecule has 592 valence electrons. The lowest BCUT2D eigenvalue weighted by Gasteiger charge is -2.21. The quantitative estimate of drug-likeness (QED) is 0.0169. The average Bonchev–Trinajstić information content (AvgIpc) is 0.926.